The molecule has 2 aromatic rings. The van der Waals surface area contributed by atoms with Crippen molar-refractivity contribution in [2.24, 2.45) is 4.99 Å². The second kappa shape index (κ2) is 12.3. The molecule has 1 atom stereocenters. The van der Waals surface area contributed by atoms with Crippen LogP contribution in [0, 0.1) is 0 Å². The van der Waals surface area contributed by atoms with Gasteiger partial charge in [-0.25, -0.2) is 0 Å². The minimum Gasteiger partial charge on any atom is -0.497 e. The Hall–Kier alpha value is -2.29. The lowest BCUT2D eigenvalue weighted by Gasteiger charge is -2.22. The standard InChI is InChI=1S/C26H34N4O2.HI/c1-3-27-26(29-16-14-23(17-29)20-10-12-24(32-2)13-11-20)28-15-6-9-25(31)30-18-21-7-4-5-8-22(21)19-30;/h4-5,7-8,10-13,23H,3,6,9,14-19H2,1-2H3,(H,27,28);1H. The second-order valence-electron chi connectivity index (χ2n) is 8.56. The van der Waals surface area contributed by atoms with E-state index in [4.69, 9.17) is 9.73 Å². The molecule has 0 spiro atoms. The number of nitrogens with zero attached hydrogens (tertiary/aromatic N) is 3. The Morgan fingerprint density at radius 1 is 1.09 bits per heavy atom. The molecule has 0 aromatic heterocycles. The molecule has 0 radical (unpaired) electrons. The van der Waals surface area contributed by atoms with E-state index in [2.05, 4.69) is 41.4 Å². The van der Waals surface area contributed by atoms with Gasteiger partial charge < -0.3 is 19.9 Å². The second-order valence-corrected chi connectivity index (χ2v) is 8.56. The Morgan fingerprint density at radius 2 is 1.79 bits per heavy atom. The zero-order valence-electron chi connectivity index (χ0n) is 19.6. The molecule has 178 valence electrons. The van der Waals surface area contributed by atoms with Crippen LogP contribution in [-0.4, -0.2) is 55.0 Å². The van der Waals surface area contributed by atoms with E-state index in [0.717, 1.165) is 57.3 Å². The number of hydrogen-bond donors (Lipinski definition) is 1. The van der Waals surface area contributed by atoms with Crippen LogP contribution in [-0.2, 0) is 17.9 Å². The molecule has 2 aromatic carbocycles. The minimum atomic E-state index is 0. The quantitative estimate of drug-likeness (QED) is 0.236. The minimum absolute atomic E-state index is 0. The van der Waals surface area contributed by atoms with Crippen LogP contribution < -0.4 is 10.1 Å². The van der Waals surface area contributed by atoms with E-state index in [-0.39, 0.29) is 29.9 Å². The van der Waals surface area contributed by atoms with Crippen LogP contribution in [0.5, 0.6) is 5.75 Å². The third-order valence-corrected chi connectivity index (χ3v) is 6.41. The highest BCUT2D eigenvalue weighted by atomic mass is 127. The number of nitrogens with one attached hydrogen (secondary N) is 1. The number of amides is 1. The van der Waals surface area contributed by atoms with Gasteiger partial charge in [-0.1, -0.05) is 36.4 Å². The van der Waals surface area contributed by atoms with Crippen LogP contribution >= 0.6 is 24.0 Å². The summed E-state index contributed by atoms with van der Waals surface area (Å²) in [6.07, 6.45) is 2.44. The zero-order chi connectivity index (χ0) is 22.3. The molecule has 1 fully saturated rings. The molecule has 1 amide bonds. The molecule has 7 heteroatoms. The third-order valence-electron chi connectivity index (χ3n) is 6.41. The summed E-state index contributed by atoms with van der Waals surface area (Å²) < 4.78 is 5.28. The molecule has 1 N–H and O–H groups in total. The first-order valence-electron chi connectivity index (χ1n) is 11.7. The van der Waals surface area contributed by atoms with E-state index < -0.39 is 0 Å². The molecule has 0 aliphatic carbocycles. The number of carbonyl (C=O) groups excluding carboxylic acids is 1. The van der Waals surface area contributed by atoms with Crippen LogP contribution in [0.25, 0.3) is 0 Å². The van der Waals surface area contributed by atoms with Gasteiger partial charge in [-0.05, 0) is 48.6 Å². The van der Waals surface area contributed by atoms with Crippen molar-refractivity contribution in [3.05, 3.63) is 65.2 Å². The SMILES string of the molecule is CCNC(=NCCCC(=O)N1Cc2ccccc2C1)N1CCC(c2ccc(OC)cc2)C1.I. The molecule has 2 heterocycles. The maximum absolute atomic E-state index is 12.6. The summed E-state index contributed by atoms with van der Waals surface area (Å²) in [5.41, 5.74) is 3.89. The topological polar surface area (TPSA) is 57.2 Å². The lowest BCUT2D eigenvalue weighted by Crippen LogP contribution is -2.40. The Balaban J connectivity index is 0.00000306. The predicted molar refractivity (Wildman–Crippen MR) is 143 cm³/mol. The van der Waals surface area contributed by atoms with Crippen molar-refractivity contribution >= 4 is 35.8 Å². The first kappa shape index (κ1) is 25.3. The van der Waals surface area contributed by atoms with E-state index in [1.165, 1.54) is 16.7 Å². The number of benzene rings is 2. The van der Waals surface area contributed by atoms with Crippen molar-refractivity contribution < 1.29 is 9.53 Å². The number of carbonyl (C=O) groups is 1. The predicted octanol–water partition coefficient (Wildman–Crippen LogP) is 4.39. The number of aliphatic imine (C=N–C) groups is 1. The van der Waals surface area contributed by atoms with Gasteiger partial charge in [0.25, 0.3) is 0 Å². The van der Waals surface area contributed by atoms with Gasteiger partial charge in [-0.3, -0.25) is 9.79 Å². The number of methoxy groups -OCH3 is 1. The Morgan fingerprint density at radius 3 is 2.42 bits per heavy atom. The summed E-state index contributed by atoms with van der Waals surface area (Å²) in [7, 11) is 1.70. The number of rotatable bonds is 7. The van der Waals surface area contributed by atoms with Gasteiger partial charge in [0.05, 0.1) is 7.11 Å². The maximum Gasteiger partial charge on any atom is 0.223 e. The fraction of sp³-hybridized carbons (Fsp3) is 0.462. The van der Waals surface area contributed by atoms with Crippen LogP contribution in [0.15, 0.2) is 53.5 Å². The molecule has 1 saturated heterocycles. The lowest BCUT2D eigenvalue weighted by atomic mass is 9.98. The summed E-state index contributed by atoms with van der Waals surface area (Å²) >= 11 is 0. The van der Waals surface area contributed by atoms with E-state index >= 15 is 0 Å². The van der Waals surface area contributed by atoms with E-state index in [1.807, 2.05) is 29.2 Å². The van der Waals surface area contributed by atoms with Gasteiger partial charge in [0.2, 0.25) is 5.91 Å². The Labute approximate surface area is 214 Å². The summed E-state index contributed by atoms with van der Waals surface area (Å²) in [4.78, 5) is 21.8. The average molecular weight is 562 g/mol. The molecule has 0 bridgehead atoms. The van der Waals surface area contributed by atoms with Crippen molar-refractivity contribution in [2.75, 3.05) is 33.3 Å². The summed E-state index contributed by atoms with van der Waals surface area (Å²) in [5, 5.41) is 3.43. The van der Waals surface area contributed by atoms with Crippen LogP contribution in [0.4, 0.5) is 0 Å². The van der Waals surface area contributed by atoms with Gasteiger partial charge in [0.1, 0.15) is 5.75 Å². The summed E-state index contributed by atoms with van der Waals surface area (Å²) in [5.74, 6) is 2.58. The normalized spacial score (nSPS) is 17.5. The van der Waals surface area contributed by atoms with Crippen LogP contribution in [0.1, 0.15) is 48.8 Å². The number of hydrogen-bond acceptors (Lipinski definition) is 3. The molecule has 4 rings (SSSR count). The average Bonchev–Trinajstić information content (AvgIpc) is 3.48. The van der Waals surface area contributed by atoms with Crippen LogP contribution in [0.3, 0.4) is 0 Å². The maximum atomic E-state index is 12.6. The molecule has 2 aliphatic rings. The largest absolute Gasteiger partial charge is 0.497 e. The van der Waals surface area contributed by atoms with Gasteiger partial charge >= 0.3 is 0 Å². The third kappa shape index (κ3) is 6.40. The monoisotopic (exact) mass is 562 g/mol. The number of halogens is 1. The number of likely N-dealkylation sites (tertiary alicyclic amines) is 1. The Bertz CT molecular complexity index is 923. The molecular weight excluding hydrogens is 527 g/mol. The zero-order valence-corrected chi connectivity index (χ0v) is 22.0. The van der Waals surface area contributed by atoms with Gasteiger partial charge in [-0.2, -0.15) is 0 Å². The van der Waals surface area contributed by atoms with Crippen molar-refractivity contribution in [3.63, 3.8) is 0 Å². The highest BCUT2D eigenvalue weighted by Gasteiger charge is 2.26. The molecule has 1 unspecified atom stereocenters. The van der Waals surface area contributed by atoms with Gasteiger partial charge in [0.15, 0.2) is 5.96 Å². The number of fused-ring (bicyclic) bond motifs is 1. The van der Waals surface area contributed by atoms with Crippen molar-refractivity contribution in [3.8, 4) is 5.75 Å². The fourth-order valence-corrected chi connectivity index (χ4v) is 4.61. The van der Waals surface area contributed by atoms with Gasteiger partial charge in [-0.15, -0.1) is 24.0 Å². The van der Waals surface area contributed by atoms with Crippen LogP contribution in [0.2, 0.25) is 0 Å². The fourth-order valence-electron chi connectivity index (χ4n) is 4.61. The molecular formula is C26H35IN4O2. The smallest absolute Gasteiger partial charge is 0.223 e. The number of ether oxygens (including phenoxy) is 1. The highest BCUT2D eigenvalue weighted by Crippen LogP contribution is 2.28. The van der Waals surface area contributed by atoms with Crippen molar-refractivity contribution in [1.82, 2.24) is 15.1 Å². The van der Waals surface area contributed by atoms with Crippen molar-refractivity contribution in [2.45, 2.75) is 45.2 Å². The van der Waals surface area contributed by atoms with Gasteiger partial charge in [0, 0.05) is 51.6 Å². The van der Waals surface area contributed by atoms with Crippen molar-refractivity contribution in [1.29, 1.82) is 0 Å². The van der Waals surface area contributed by atoms with E-state index in [1.54, 1.807) is 7.11 Å². The Kier molecular flexibility index (Phi) is 9.41. The van der Waals surface area contributed by atoms with E-state index in [0.29, 0.717) is 18.9 Å². The number of guanidine groups is 1. The molecule has 33 heavy (non-hydrogen) atoms. The molecule has 2 aliphatic heterocycles. The summed E-state index contributed by atoms with van der Waals surface area (Å²) in [6.45, 7) is 7.03. The first-order chi connectivity index (χ1) is 15.7. The highest BCUT2D eigenvalue weighted by molar-refractivity contribution is 14.0. The van der Waals surface area contributed by atoms with E-state index in [9.17, 15) is 4.79 Å². The first-order valence-corrected chi connectivity index (χ1v) is 11.7. The molecule has 6 nitrogen and oxygen atoms in total. The molecule has 0 saturated carbocycles. The summed E-state index contributed by atoms with van der Waals surface area (Å²) in [6, 6.07) is 16.7. The lowest BCUT2D eigenvalue weighted by molar-refractivity contribution is -0.131.